The lowest BCUT2D eigenvalue weighted by molar-refractivity contribution is -0.207. The maximum Gasteiger partial charge on any atom is 0.332 e. The summed E-state index contributed by atoms with van der Waals surface area (Å²) < 4.78 is 11.1. The smallest absolute Gasteiger partial charge is 0.332 e. The van der Waals surface area contributed by atoms with Crippen LogP contribution in [0.15, 0.2) is 23.8 Å². The maximum absolute atomic E-state index is 11.5. The Kier molecular flexibility index (Phi) is 1.65. The van der Waals surface area contributed by atoms with E-state index in [2.05, 4.69) is 12.2 Å². The molecule has 1 heterocycles. The highest BCUT2D eigenvalue weighted by molar-refractivity contribution is 5.88. The lowest BCUT2D eigenvalue weighted by Gasteiger charge is -2.65. The minimum atomic E-state index is -0.289. The Hall–Kier alpha value is -1.09. The van der Waals surface area contributed by atoms with Gasteiger partial charge in [-0.25, -0.2) is 4.79 Å². The average molecular weight is 232 g/mol. The minimum absolute atomic E-state index is 0.167. The third-order valence-corrected chi connectivity index (χ3v) is 5.25. The van der Waals surface area contributed by atoms with Gasteiger partial charge in [0.05, 0.1) is 6.10 Å². The van der Waals surface area contributed by atoms with Crippen LogP contribution in [0.3, 0.4) is 0 Å². The van der Waals surface area contributed by atoms with Crippen LogP contribution in [0.5, 0.6) is 0 Å². The van der Waals surface area contributed by atoms with E-state index in [1.165, 1.54) is 6.42 Å². The number of esters is 1. The van der Waals surface area contributed by atoms with Gasteiger partial charge in [0.1, 0.15) is 5.60 Å². The molecule has 0 saturated heterocycles. The summed E-state index contributed by atoms with van der Waals surface area (Å²) in [7, 11) is 1.78. The van der Waals surface area contributed by atoms with Gasteiger partial charge in [-0.05, 0) is 24.7 Å². The molecule has 0 aromatic heterocycles. The Morgan fingerprint density at radius 2 is 2.41 bits per heavy atom. The molecule has 4 atom stereocenters. The molecular weight excluding hydrogens is 216 g/mol. The van der Waals surface area contributed by atoms with Crippen molar-refractivity contribution in [2.45, 2.75) is 37.4 Å². The molecule has 2 fully saturated rings. The van der Waals surface area contributed by atoms with E-state index in [0.29, 0.717) is 12.0 Å². The van der Waals surface area contributed by atoms with Crippen LogP contribution in [-0.4, -0.2) is 24.8 Å². The second-order valence-corrected chi connectivity index (χ2v) is 5.84. The highest BCUT2D eigenvalue weighted by atomic mass is 16.6. The quantitative estimate of drug-likeness (QED) is 0.648. The summed E-state index contributed by atoms with van der Waals surface area (Å²) >= 11 is 0. The van der Waals surface area contributed by atoms with Crippen LogP contribution in [0, 0.1) is 11.3 Å². The van der Waals surface area contributed by atoms with Crippen LogP contribution < -0.4 is 0 Å². The zero-order valence-electron chi connectivity index (χ0n) is 9.94. The van der Waals surface area contributed by atoms with Gasteiger partial charge in [0, 0.05) is 31.1 Å². The molecule has 0 radical (unpaired) electrons. The van der Waals surface area contributed by atoms with Crippen LogP contribution in [-0.2, 0) is 14.3 Å². The number of carbonyl (C=O) groups is 1. The molecule has 17 heavy (non-hydrogen) atoms. The fourth-order valence-corrected chi connectivity index (χ4v) is 4.41. The average Bonchev–Trinajstić information content (AvgIpc) is 2.67. The number of ether oxygens (including phenoxy) is 2. The summed E-state index contributed by atoms with van der Waals surface area (Å²) in [6.07, 6.45) is 10.7. The molecule has 90 valence electrons. The van der Waals surface area contributed by atoms with Crippen molar-refractivity contribution in [3.8, 4) is 0 Å². The second-order valence-electron chi connectivity index (χ2n) is 5.84. The van der Waals surface area contributed by atoms with Crippen molar-refractivity contribution in [3.05, 3.63) is 23.8 Å². The predicted molar refractivity (Wildman–Crippen MR) is 61.2 cm³/mol. The van der Waals surface area contributed by atoms with E-state index in [4.69, 9.17) is 9.47 Å². The van der Waals surface area contributed by atoms with Crippen LogP contribution in [0.2, 0.25) is 0 Å². The fraction of sp³-hybridized carbons (Fsp3) is 0.643. The lowest BCUT2D eigenvalue weighted by Crippen LogP contribution is -2.66. The summed E-state index contributed by atoms with van der Waals surface area (Å²) in [5.41, 5.74) is 1.09. The summed E-state index contributed by atoms with van der Waals surface area (Å²) in [6, 6.07) is 0. The highest BCUT2D eigenvalue weighted by Crippen LogP contribution is 2.69. The number of carbonyl (C=O) groups excluding carboxylic acids is 1. The topological polar surface area (TPSA) is 35.5 Å². The number of allylic oxidation sites excluding steroid dienone is 1. The molecule has 2 saturated carbocycles. The van der Waals surface area contributed by atoms with Crippen molar-refractivity contribution < 1.29 is 14.3 Å². The van der Waals surface area contributed by atoms with Crippen molar-refractivity contribution in [2.24, 2.45) is 11.3 Å². The van der Waals surface area contributed by atoms with E-state index in [1.807, 2.05) is 0 Å². The first kappa shape index (κ1) is 9.89. The molecule has 1 aliphatic heterocycles. The zero-order valence-corrected chi connectivity index (χ0v) is 9.94. The Bertz CT molecular complexity index is 464. The van der Waals surface area contributed by atoms with Crippen molar-refractivity contribution in [1.29, 1.82) is 0 Å². The maximum atomic E-state index is 11.5. The van der Waals surface area contributed by atoms with Gasteiger partial charge in [-0.15, -0.1) is 0 Å². The summed E-state index contributed by atoms with van der Waals surface area (Å²) in [5, 5.41) is 0. The molecule has 0 N–H and O–H groups in total. The van der Waals surface area contributed by atoms with Crippen molar-refractivity contribution in [2.75, 3.05) is 7.11 Å². The predicted octanol–water partition coefficient (Wildman–Crippen LogP) is 1.98. The standard InChI is InChI=1S/C14H16O3/c1-16-10-3-5-13-4-2-9-6-12(15)17-14(9,8-13)11(13)7-10/h2,4,6,10-11H,3,5,7-8H2,1H3/t10-,11+,13-,14-/m0/s1. The number of rotatable bonds is 1. The summed E-state index contributed by atoms with van der Waals surface area (Å²) in [6.45, 7) is 0. The third-order valence-electron chi connectivity index (χ3n) is 5.25. The Morgan fingerprint density at radius 3 is 3.24 bits per heavy atom. The van der Waals surface area contributed by atoms with Gasteiger partial charge in [-0.1, -0.05) is 12.2 Å². The van der Waals surface area contributed by atoms with Crippen molar-refractivity contribution in [3.63, 3.8) is 0 Å². The molecule has 4 aliphatic rings. The van der Waals surface area contributed by atoms with Crippen LogP contribution in [0.25, 0.3) is 0 Å². The number of hydrogen-bond donors (Lipinski definition) is 0. The van der Waals surface area contributed by atoms with Gasteiger partial charge in [0.15, 0.2) is 0 Å². The van der Waals surface area contributed by atoms with E-state index in [-0.39, 0.29) is 17.0 Å². The first-order valence-electron chi connectivity index (χ1n) is 6.36. The van der Waals surface area contributed by atoms with Gasteiger partial charge in [-0.2, -0.15) is 0 Å². The molecule has 0 unspecified atom stereocenters. The van der Waals surface area contributed by atoms with E-state index < -0.39 is 0 Å². The van der Waals surface area contributed by atoms with E-state index in [0.717, 1.165) is 24.8 Å². The molecule has 2 bridgehead atoms. The Morgan fingerprint density at radius 1 is 1.53 bits per heavy atom. The summed E-state index contributed by atoms with van der Waals surface area (Å²) in [4.78, 5) is 11.5. The molecule has 2 spiro atoms. The Labute approximate surface area is 100 Å². The molecule has 3 nitrogen and oxygen atoms in total. The van der Waals surface area contributed by atoms with Gasteiger partial charge in [0.2, 0.25) is 0 Å². The minimum Gasteiger partial charge on any atom is -0.451 e. The molecule has 3 heteroatoms. The van der Waals surface area contributed by atoms with Gasteiger partial charge in [-0.3, -0.25) is 0 Å². The number of methoxy groups -OCH3 is 1. The molecule has 0 aromatic rings. The van der Waals surface area contributed by atoms with Crippen molar-refractivity contribution in [1.82, 2.24) is 0 Å². The fourth-order valence-electron chi connectivity index (χ4n) is 4.41. The lowest BCUT2D eigenvalue weighted by atomic mass is 9.42. The van der Waals surface area contributed by atoms with E-state index in [1.54, 1.807) is 13.2 Å². The Balaban J connectivity index is 1.75. The first-order chi connectivity index (χ1) is 8.18. The monoisotopic (exact) mass is 232 g/mol. The SMILES string of the molecule is CO[C@H]1CC[C@@]23C=CC4=CC(=O)O[C@]4(C2)[C@@H]3C1. The van der Waals surface area contributed by atoms with Crippen molar-refractivity contribution >= 4 is 5.97 Å². The largest absolute Gasteiger partial charge is 0.451 e. The highest BCUT2D eigenvalue weighted by Gasteiger charge is 2.70. The molecule has 0 aromatic carbocycles. The van der Waals surface area contributed by atoms with Gasteiger partial charge < -0.3 is 9.47 Å². The number of hydrogen-bond acceptors (Lipinski definition) is 3. The summed E-state index contributed by atoms with van der Waals surface area (Å²) in [5.74, 6) is 0.274. The van der Waals surface area contributed by atoms with Gasteiger partial charge in [0.25, 0.3) is 0 Å². The molecular formula is C14H16O3. The molecule has 0 amide bonds. The van der Waals surface area contributed by atoms with Gasteiger partial charge >= 0.3 is 5.97 Å². The van der Waals surface area contributed by atoms with E-state index in [9.17, 15) is 4.79 Å². The third kappa shape index (κ3) is 0.998. The zero-order chi connectivity index (χ0) is 11.7. The van der Waals surface area contributed by atoms with Crippen LogP contribution >= 0.6 is 0 Å². The first-order valence-corrected chi connectivity index (χ1v) is 6.36. The van der Waals surface area contributed by atoms with E-state index >= 15 is 0 Å². The normalized spacial score (nSPS) is 49.9. The van der Waals surface area contributed by atoms with Crippen LogP contribution in [0.1, 0.15) is 25.7 Å². The van der Waals surface area contributed by atoms with Crippen LogP contribution in [0.4, 0.5) is 0 Å². The molecule has 3 aliphatic carbocycles. The molecule has 4 rings (SSSR count). The second kappa shape index (κ2) is 2.83.